The molecule has 1 atom stereocenters. The lowest BCUT2D eigenvalue weighted by molar-refractivity contribution is -0.117. The largest absolute Gasteiger partial charge is 0.287 e. The number of carbonyl (C=O) groups is 1. The van der Waals surface area contributed by atoms with E-state index in [9.17, 15) is 9.18 Å². The van der Waals surface area contributed by atoms with Gasteiger partial charge in [0.25, 0.3) is 0 Å². The van der Waals surface area contributed by atoms with Gasteiger partial charge in [-0.15, -0.1) is 12.3 Å². The van der Waals surface area contributed by atoms with Crippen molar-refractivity contribution in [2.45, 2.75) is 6.42 Å². The van der Waals surface area contributed by atoms with Gasteiger partial charge in [0.05, 0.1) is 10.2 Å². The average Bonchev–Trinajstić information content (AvgIpc) is 2.91. The summed E-state index contributed by atoms with van der Waals surface area (Å²) in [5.41, 5.74) is 0.702. The van der Waals surface area contributed by atoms with E-state index in [2.05, 4.69) is 10.9 Å². The first-order chi connectivity index (χ1) is 8.67. The molecule has 1 aromatic carbocycles. The molecule has 1 unspecified atom stereocenters. The summed E-state index contributed by atoms with van der Waals surface area (Å²) in [7, 11) is 0. The van der Waals surface area contributed by atoms with Crippen LogP contribution in [0.15, 0.2) is 18.2 Å². The maximum Gasteiger partial charge on any atom is 0.230 e. The number of terminal acetylenes is 1. The molecule has 1 saturated heterocycles. The van der Waals surface area contributed by atoms with Crippen LogP contribution in [0, 0.1) is 24.1 Å². The van der Waals surface area contributed by atoms with Crippen LogP contribution in [-0.2, 0) is 4.79 Å². The highest BCUT2D eigenvalue weighted by atomic mass is 32.1. The topological polar surface area (TPSA) is 33.2 Å². The van der Waals surface area contributed by atoms with Gasteiger partial charge >= 0.3 is 0 Å². The smallest absolute Gasteiger partial charge is 0.230 e. The zero-order valence-corrected chi connectivity index (χ0v) is 10.2. The lowest BCUT2D eigenvalue weighted by Crippen LogP contribution is -2.24. The molecule has 1 aromatic heterocycles. The standard InChI is InChI=1S/C13H9FN2OS/c1-2-8-5-12(17)16(7-8)13-15-10-4-3-9(14)6-11(10)18-13/h1,3-4,6,8H,5,7H2. The molecule has 5 heteroatoms. The van der Waals surface area contributed by atoms with Crippen molar-refractivity contribution in [2.75, 3.05) is 11.4 Å². The van der Waals surface area contributed by atoms with Crippen LogP contribution in [0.2, 0.25) is 0 Å². The molecular weight excluding hydrogens is 251 g/mol. The molecule has 2 aromatic rings. The Kier molecular flexibility index (Phi) is 2.53. The van der Waals surface area contributed by atoms with Gasteiger partial charge in [0.15, 0.2) is 5.13 Å². The van der Waals surface area contributed by atoms with Crippen LogP contribution >= 0.6 is 11.3 Å². The Labute approximate surface area is 107 Å². The van der Waals surface area contributed by atoms with Crippen molar-refractivity contribution in [1.29, 1.82) is 0 Å². The normalized spacial score (nSPS) is 19.4. The van der Waals surface area contributed by atoms with Crippen molar-refractivity contribution < 1.29 is 9.18 Å². The Morgan fingerprint density at radius 2 is 2.39 bits per heavy atom. The number of benzene rings is 1. The van der Waals surface area contributed by atoms with E-state index in [1.807, 2.05) is 0 Å². The third-order valence-electron chi connectivity index (χ3n) is 2.93. The highest BCUT2D eigenvalue weighted by Gasteiger charge is 2.31. The fraction of sp³-hybridized carbons (Fsp3) is 0.231. The number of hydrogen-bond donors (Lipinski definition) is 0. The van der Waals surface area contributed by atoms with Gasteiger partial charge in [-0.3, -0.25) is 9.69 Å². The van der Waals surface area contributed by atoms with E-state index in [0.29, 0.717) is 23.6 Å². The molecular formula is C13H9FN2OS. The molecule has 3 nitrogen and oxygen atoms in total. The molecule has 1 fully saturated rings. The third-order valence-corrected chi connectivity index (χ3v) is 3.97. The number of aromatic nitrogens is 1. The molecule has 1 aliphatic heterocycles. The summed E-state index contributed by atoms with van der Waals surface area (Å²) in [4.78, 5) is 17.7. The third kappa shape index (κ3) is 1.75. The second-order valence-corrected chi connectivity index (χ2v) is 5.19. The first-order valence-corrected chi connectivity index (χ1v) is 6.31. The monoisotopic (exact) mass is 260 g/mol. The van der Waals surface area contributed by atoms with Gasteiger partial charge < -0.3 is 0 Å². The van der Waals surface area contributed by atoms with E-state index in [4.69, 9.17) is 6.42 Å². The molecule has 1 aliphatic rings. The molecule has 3 rings (SSSR count). The van der Waals surface area contributed by atoms with Crippen LogP contribution in [0.4, 0.5) is 9.52 Å². The van der Waals surface area contributed by atoms with Crippen LogP contribution < -0.4 is 4.90 Å². The van der Waals surface area contributed by atoms with E-state index < -0.39 is 0 Å². The Bertz CT molecular complexity index is 673. The van der Waals surface area contributed by atoms with E-state index in [1.165, 1.54) is 23.5 Å². The summed E-state index contributed by atoms with van der Waals surface area (Å²) >= 11 is 1.31. The summed E-state index contributed by atoms with van der Waals surface area (Å²) in [5.74, 6) is 2.22. The van der Waals surface area contributed by atoms with Gasteiger partial charge in [-0.05, 0) is 18.2 Å². The molecule has 1 amide bonds. The average molecular weight is 260 g/mol. The number of fused-ring (bicyclic) bond motifs is 1. The Morgan fingerprint density at radius 1 is 1.56 bits per heavy atom. The molecule has 0 bridgehead atoms. The molecule has 0 radical (unpaired) electrons. The van der Waals surface area contributed by atoms with Gasteiger partial charge in [0.2, 0.25) is 5.91 Å². The molecule has 18 heavy (non-hydrogen) atoms. The quantitative estimate of drug-likeness (QED) is 0.738. The maximum atomic E-state index is 13.1. The van der Waals surface area contributed by atoms with Gasteiger partial charge in [-0.1, -0.05) is 11.3 Å². The predicted molar refractivity (Wildman–Crippen MR) is 68.9 cm³/mol. The van der Waals surface area contributed by atoms with Gasteiger partial charge in [-0.25, -0.2) is 9.37 Å². The number of thiazole rings is 1. The van der Waals surface area contributed by atoms with Crippen LogP contribution in [-0.4, -0.2) is 17.4 Å². The number of amides is 1. The van der Waals surface area contributed by atoms with E-state index in [0.717, 1.165) is 4.70 Å². The number of hydrogen-bond acceptors (Lipinski definition) is 3. The summed E-state index contributed by atoms with van der Waals surface area (Å²) in [6.07, 6.45) is 5.70. The minimum Gasteiger partial charge on any atom is -0.287 e. The van der Waals surface area contributed by atoms with Crippen LogP contribution in [0.1, 0.15) is 6.42 Å². The Hall–Kier alpha value is -1.93. The van der Waals surface area contributed by atoms with Crippen molar-refractivity contribution in [3.8, 4) is 12.3 Å². The fourth-order valence-electron chi connectivity index (χ4n) is 2.01. The van der Waals surface area contributed by atoms with E-state index >= 15 is 0 Å². The Balaban J connectivity index is 2.00. The van der Waals surface area contributed by atoms with Crippen LogP contribution in [0.5, 0.6) is 0 Å². The first kappa shape index (κ1) is 11.2. The minimum atomic E-state index is -0.299. The zero-order chi connectivity index (χ0) is 12.7. The first-order valence-electron chi connectivity index (χ1n) is 5.50. The number of carbonyl (C=O) groups excluding carboxylic acids is 1. The van der Waals surface area contributed by atoms with Crippen molar-refractivity contribution in [3.63, 3.8) is 0 Å². The number of nitrogens with zero attached hydrogens (tertiary/aromatic N) is 2. The summed E-state index contributed by atoms with van der Waals surface area (Å²) in [6, 6.07) is 4.40. The number of rotatable bonds is 1. The van der Waals surface area contributed by atoms with E-state index in [1.54, 1.807) is 11.0 Å². The maximum absolute atomic E-state index is 13.1. The van der Waals surface area contributed by atoms with Crippen LogP contribution in [0.25, 0.3) is 10.2 Å². The van der Waals surface area contributed by atoms with Gasteiger partial charge in [0.1, 0.15) is 5.82 Å². The Morgan fingerprint density at radius 3 is 3.11 bits per heavy atom. The highest BCUT2D eigenvalue weighted by Crippen LogP contribution is 2.32. The van der Waals surface area contributed by atoms with E-state index in [-0.39, 0.29) is 17.6 Å². The molecule has 0 aliphatic carbocycles. The second kappa shape index (κ2) is 4.07. The molecule has 0 saturated carbocycles. The van der Waals surface area contributed by atoms with Crippen LogP contribution in [0.3, 0.4) is 0 Å². The SMILES string of the molecule is C#CC1CC(=O)N(c2nc3ccc(F)cc3s2)C1. The number of halogens is 1. The lowest BCUT2D eigenvalue weighted by atomic mass is 10.1. The molecule has 2 heterocycles. The summed E-state index contributed by atoms with van der Waals surface area (Å²) in [5, 5.41) is 0.596. The van der Waals surface area contributed by atoms with Crippen molar-refractivity contribution in [2.24, 2.45) is 5.92 Å². The van der Waals surface area contributed by atoms with Crippen molar-refractivity contribution >= 4 is 32.6 Å². The molecule has 0 N–H and O–H groups in total. The summed E-state index contributed by atoms with van der Waals surface area (Å²) in [6.45, 7) is 0.498. The number of anilines is 1. The second-order valence-electron chi connectivity index (χ2n) is 4.18. The predicted octanol–water partition coefficient (Wildman–Crippen LogP) is 2.42. The molecule has 0 spiro atoms. The fourth-order valence-corrected chi connectivity index (χ4v) is 3.02. The van der Waals surface area contributed by atoms with Gasteiger partial charge in [0, 0.05) is 18.9 Å². The van der Waals surface area contributed by atoms with Gasteiger partial charge in [-0.2, -0.15) is 0 Å². The highest BCUT2D eigenvalue weighted by molar-refractivity contribution is 7.22. The molecule has 90 valence electrons. The summed E-state index contributed by atoms with van der Waals surface area (Å²) < 4.78 is 13.8. The zero-order valence-electron chi connectivity index (χ0n) is 9.39. The minimum absolute atomic E-state index is 0.0162. The lowest BCUT2D eigenvalue weighted by Gasteiger charge is -2.10. The van der Waals surface area contributed by atoms with Crippen molar-refractivity contribution in [3.05, 3.63) is 24.0 Å². The van der Waals surface area contributed by atoms with Crippen molar-refractivity contribution in [1.82, 2.24) is 4.98 Å².